The molecule has 7 aromatic carbocycles. The molecule has 8 aromatic rings. The van der Waals surface area contributed by atoms with E-state index in [9.17, 15) is 28.8 Å². The van der Waals surface area contributed by atoms with Crippen LogP contribution in [-0.2, 0) is 19.1 Å². The van der Waals surface area contributed by atoms with Crippen molar-refractivity contribution in [1.29, 1.82) is 0 Å². The van der Waals surface area contributed by atoms with Crippen molar-refractivity contribution in [2.45, 2.75) is 93.9 Å². The summed E-state index contributed by atoms with van der Waals surface area (Å²) < 4.78 is 50.6. The third kappa shape index (κ3) is 19.9. The lowest BCUT2D eigenvalue weighted by Crippen LogP contribution is -2.11. The van der Waals surface area contributed by atoms with E-state index in [2.05, 4.69) is 20.1 Å². The molecular formula is C71H69NO15S. The van der Waals surface area contributed by atoms with Gasteiger partial charge in [0.05, 0.1) is 60.8 Å². The maximum absolute atomic E-state index is 13.6. The Morgan fingerprint density at radius 1 is 0.375 bits per heavy atom. The Hall–Kier alpha value is -9.74. The summed E-state index contributed by atoms with van der Waals surface area (Å²) in [4.78, 5) is 81.6. The molecule has 0 bridgehead atoms. The molecule has 8 rings (SSSR count). The van der Waals surface area contributed by atoms with Gasteiger partial charge in [0.1, 0.15) is 45.3 Å². The van der Waals surface area contributed by atoms with Crippen molar-refractivity contribution in [1.82, 2.24) is 4.98 Å². The molecule has 16 nitrogen and oxygen atoms in total. The summed E-state index contributed by atoms with van der Waals surface area (Å²) in [5.74, 6) is -0.173. The minimum atomic E-state index is -0.649. The number of carbonyl (C=O) groups is 6. The van der Waals surface area contributed by atoms with Crippen molar-refractivity contribution in [3.8, 4) is 40.2 Å². The second-order valence-corrected chi connectivity index (χ2v) is 21.3. The molecule has 454 valence electrons. The lowest BCUT2D eigenvalue weighted by atomic mass is 10.1. The average molecular weight is 1210 g/mol. The van der Waals surface area contributed by atoms with Crippen LogP contribution in [0, 0.1) is 0 Å². The highest BCUT2D eigenvalue weighted by molar-refractivity contribution is 7.99. The van der Waals surface area contributed by atoms with E-state index in [0.29, 0.717) is 72.0 Å². The second-order valence-electron chi connectivity index (χ2n) is 20.2. The number of carbonyl (C=O) groups excluding carboxylic acids is 6. The summed E-state index contributed by atoms with van der Waals surface area (Å²) in [6.07, 6.45) is 13.5. The highest BCUT2D eigenvalue weighted by Gasteiger charge is 2.19. The number of rotatable bonds is 34. The van der Waals surface area contributed by atoms with Crippen LogP contribution >= 0.6 is 11.8 Å². The number of fused-ring (bicyclic) bond motifs is 3. The summed E-state index contributed by atoms with van der Waals surface area (Å²) in [6, 6.07) is 43.6. The van der Waals surface area contributed by atoms with Crippen LogP contribution in [0.2, 0.25) is 0 Å². The van der Waals surface area contributed by atoms with Gasteiger partial charge in [0, 0.05) is 33.9 Å². The van der Waals surface area contributed by atoms with Crippen molar-refractivity contribution in [3.05, 3.63) is 205 Å². The second kappa shape index (κ2) is 33.8. The van der Waals surface area contributed by atoms with E-state index in [1.165, 1.54) is 60.3 Å². The fraction of sp³-hybridized carbons (Fsp3) is 0.254. The molecule has 1 aromatic heterocycles. The zero-order valence-corrected chi connectivity index (χ0v) is 49.9. The topological polar surface area (TPSA) is 198 Å². The summed E-state index contributed by atoms with van der Waals surface area (Å²) in [7, 11) is 0. The standard InChI is InChI=1S/C71H69NO15S/c1-4-7-8-13-42-81-55-34-38-60(39-35-55)88-67-63-47-58(86-70(77)51-22-18-49(19-23-51)68(75)84-56-30-26-53(27-31-56)79-43-14-9-11-16-45-82-65(73)5-2)36-40-61(63)62-41-37-59(48-64(62)72-67)87-71(78)52-24-20-50(21-25-52)69(76)85-57-32-28-54(29-33-57)80-44-15-10-12-17-46-83-66(74)6-3/h5-6,18-41,47-48H,2-4,7-17,42-46H2,1H3. The van der Waals surface area contributed by atoms with Crippen LogP contribution in [0.25, 0.3) is 21.7 Å². The number of ether oxygens (including phenoxy) is 9. The van der Waals surface area contributed by atoms with E-state index >= 15 is 0 Å². The molecule has 0 radical (unpaired) electrons. The van der Waals surface area contributed by atoms with Crippen LogP contribution in [0.3, 0.4) is 0 Å². The van der Waals surface area contributed by atoms with Gasteiger partial charge in [-0.1, -0.05) is 51.1 Å². The zero-order chi connectivity index (χ0) is 61.9. The fourth-order valence-electron chi connectivity index (χ4n) is 8.89. The van der Waals surface area contributed by atoms with Gasteiger partial charge in [-0.05, 0) is 215 Å². The van der Waals surface area contributed by atoms with Crippen LogP contribution in [0.4, 0.5) is 0 Å². The van der Waals surface area contributed by atoms with Gasteiger partial charge >= 0.3 is 35.8 Å². The Morgan fingerprint density at radius 3 is 1.12 bits per heavy atom. The predicted molar refractivity (Wildman–Crippen MR) is 335 cm³/mol. The minimum absolute atomic E-state index is 0.207. The van der Waals surface area contributed by atoms with Gasteiger partial charge in [0.2, 0.25) is 0 Å². The average Bonchev–Trinajstić information content (AvgIpc) is 1.08. The molecule has 0 spiro atoms. The van der Waals surface area contributed by atoms with Crippen molar-refractivity contribution in [2.24, 2.45) is 0 Å². The quantitative estimate of drug-likeness (QED) is 0.0121. The Bertz CT molecular complexity index is 3660. The van der Waals surface area contributed by atoms with E-state index < -0.39 is 35.8 Å². The lowest BCUT2D eigenvalue weighted by Gasteiger charge is -2.13. The van der Waals surface area contributed by atoms with Crippen LogP contribution in [-0.4, -0.2) is 73.8 Å². The highest BCUT2D eigenvalue weighted by atomic mass is 32.2. The summed E-state index contributed by atoms with van der Waals surface area (Å²) in [5.41, 5.74) is 1.42. The first-order valence-electron chi connectivity index (χ1n) is 29.4. The van der Waals surface area contributed by atoms with Gasteiger partial charge in [0.25, 0.3) is 0 Å². The van der Waals surface area contributed by atoms with Gasteiger partial charge in [-0.2, -0.15) is 0 Å². The van der Waals surface area contributed by atoms with Crippen LogP contribution < -0.4 is 33.2 Å². The number of hydrogen-bond acceptors (Lipinski definition) is 17. The number of hydrogen-bond donors (Lipinski definition) is 0. The van der Waals surface area contributed by atoms with Crippen molar-refractivity contribution in [2.75, 3.05) is 33.0 Å². The zero-order valence-electron chi connectivity index (χ0n) is 49.1. The van der Waals surface area contributed by atoms with Crippen LogP contribution in [0.1, 0.15) is 125 Å². The van der Waals surface area contributed by atoms with Crippen LogP contribution in [0.15, 0.2) is 193 Å². The molecule has 0 atom stereocenters. The van der Waals surface area contributed by atoms with Crippen molar-refractivity contribution >= 4 is 69.3 Å². The normalized spacial score (nSPS) is 10.8. The van der Waals surface area contributed by atoms with Gasteiger partial charge in [-0.25, -0.2) is 33.8 Å². The fourth-order valence-corrected chi connectivity index (χ4v) is 9.81. The summed E-state index contributed by atoms with van der Waals surface area (Å²) >= 11 is 1.41. The molecule has 0 aliphatic carbocycles. The minimum Gasteiger partial charge on any atom is -0.494 e. The van der Waals surface area contributed by atoms with E-state index in [0.717, 1.165) is 111 Å². The third-order valence-corrected chi connectivity index (χ3v) is 14.7. The van der Waals surface area contributed by atoms with E-state index in [1.54, 1.807) is 72.8 Å². The Labute approximate surface area is 515 Å². The molecule has 0 N–H and O–H groups in total. The maximum atomic E-state index is 13.6. The number of aromatic nitrogens is 1. The number of benzene rings is 7. The maximum Gasteiger partial charge on any atom is 0.343 e. The van der Waals surface area contributed by atoms with E-state index in [1.807, 2.05) is 36.4 Å². The molecule has 0 amide bonds. The smallest absolute Gasteiger partial charge is 0.343 e. The van der Waals surface area contributed by atoms with E-state index in [-0.39, 0.29) is 33.8 Å². The first-order valence-corrected chi connectivity index (χ1v) is 30.2. The molecule has 0 unspecified atom stereocenters. The number of esters is 6. The monoisotopic (exact) mass is 1210 g/mol. The molecule has 17 heteroatoms. The van der Waals surface area contributed by atoms with Gasteiger partial charge in [0.15, 0.2) is 0 Å². The molecule has 88 heavy (non-hydrogen) atoms. The van der Waals surface area contributed by atoms with Crippen molar-refractivity contribution in [3.63, 3.8) is 0 Å². The number of nitrogens with zero attached hydrogens (tertiary/aromatic N) is 1. The predicted octanol–water partition coefficient (Wildman–Crippen LogP) is 15.7. The van der Waals surface area contributed by atoms with Gasteiger partial charge in [-0.15, -0.1) is 0 Å². The van der Waals surface area contributed by atoms with Gasteiger partial charge in [-0.3, -0.25) is 0 Å². The molecular weight excluding hydrogens is 1140 g/mol. The third-order valence-electron chi connectivity index (χ3n) is 13.6. The molecule has 0 saturated carbocycles. The van der Waals surface area contributed by atoms with Crippen LogP contribution in [0.5, 0.6) is 40.2 Å². The molecule has 0 saturated heterocycles. The molecule has 1 heterocycles. The van der Waals surface area contributed by atoms with E-state index in [4.69, 9.17) is 47.6 Å². The largest absolute Gasteiger partial charge is 0.494 e. The van der Waals surface area contributed by atoms with Crippen molar-refractivity contribution < 1.29 is 71.4 Å². The SMILES string of the molecule is C=CC(=O)OCCCCCCOc1ccc(OC(=O)c2ccc(C(=O)Oc3ccc4c(c3)nc(Sc3ccc(OCCCCCC)cc3)c3cc(OC(=O)c5ccc(C(=O)Oc6ccc(OCCCCCCOC(=O)C=C)cc6)cc5)ccc34)cc2)cc1. The number of unbranched alkanes of at least 4 members (excludes halogenated alkanes) is 9. The first kappa shape index (κ1) is 64.3. The Balaban J connectivity index is 0.880. The summed E-state index contributed by atoms with van der Waals surface area (Å²) in [6.45, 7) is 11.3. The Kier molecular flexibility index (Phi) is 24.7. The molecule has 0 aliphatic heterocycles. The molecule has 0 fully saturated rings. The van der Waals surface area contributed by atoms with Gasteiger partial charge < -0.3 is 42.6 Å². The Morgan fingerprint density at radius 2 is 0.716 bits per heavy atom. The lowest BCUT2D eigenvalue weighted by molar-refractivity contribution is -0.138. The number of pyridine rings is 1. The summed E-state index contributed by atoms with van der Waals surface area (Å²) in [5, 5.41) is 2.84. The first-order chi connectivity index (χ1) is 42.9. The molecule has 0 aliphatic rings. The highest BCUT2D eigenvalue weighted by Crippen LogP contribution is 2.39.